The zero-order valence-electron chi connectivity index (χ0n) is 30.2. The maximum absolute atomic E-state index is 13.3. The number of nitrogens with zero attached hydrogens (tertiary/aromatic N) is 2. The first-order valence-electron chi connectivity index (χ1n) is 15.8. The van der Waals surface area contributed by atoms with Crippen molar-refractivity contribution in [1.82, 2.24) is 0 Å². The molecule has 2 aliphatic carbocycles. The Kier molecular flexibility index (Phi) is 12.1. The van der Waals surface area contributed by atoms with E-state index in [1.165, 1.54) is 12.1 Å². The molecule has 0 aliphatic heterocycles. The molecule has 6 rings (SSSR count). The summed E-state index contributed by atoms with van der Waals surface area (Å²) < 4.78 is 134. The molecule has 59 heavy (non-hydrogen) atoms. The molecule has 8 N–H and O–H groups in total. The van der Waals surface area contributed by atoms with Gasteiger partial charge < -0.3 is 10.2 Å². The molecule has 0 amide bonds. The molecule has 0 heterocycles. The number of allylic oxidation sites excluding steroid dienone is 2. The number of rotatable bonds is 9. The fourth-order valence-corrected chi connectivity index (χ4v) is 8.31. The first kappa shape index (κ1) is 45.0. The minimum atomic E-state index is -5.15. The number of carbonyl (C=O) groups is 2. The van der Waals surface area contributed by atoms with Gasteiger partial charge in [0.2, 0.25) is 11.6 Å². The Labute approximate surface area is 357 Å². The van der Waals surface area contributed by atoms with Crippen LogP contribution in [0.4, 0.5) is 11.4 Å². The van der Waals surface area contributed by atoms with E-state index >= 15 is 0 Å². The van der Waals surface area contributed by atoms with E-state index < -0.39 is 117 Å². The van der Waals surface area contributed by atoms with Gasteiger partial charge >= 0.3 is 29.6 Å². The van der Waals surface area contributed by atoms with Gasteiger partial charge in [0.1, 0.15) is 21.3 Å². The second-order valence-corrected chi connectivity index (χ2v) is 18.2. The van der Waals surface area contributed by atoms with E-state index in [9.17, 15) is 71.7 Å². The molecule has 0 saturated carbocycles. The second-order valence-electron chi connectivity index (χ2n) is 12.6. The Bertz CT molecular complexity index is 2930. The molecule has 4 aromatic carbocycles. The summed E-state index contributed by atoms with van der Waals surface area (Å²) >= 11 is 0. The molecule has 0 atom stereocenters. The van der Waals surface area contributed by atoms with Gasteiger partial charge in [0.05, 0.1) is 32.3 Å². The normalized spacial score (nSPS) is 15.8. The maximum atomic E-state index is 13.3. The van der Waals surface area contributed by atoms with Crippen LogP contribution in [0.3, 0.4) is 0 Å². The molecule has 0 radical (unpaired) electrons. The fourth-order valence-electron chi connectivity index (χ4n) is 5.92. The van der Waals surface area contributed by atoms with Gasteiger partial charge in [-0.15, -0.1) is 0 Å². The standard InChI is InChI=1S/C34H26N4O16S4.Na/c1-15-7-17(3-5-23(15)35-37-31-27(57(49,50)51)11-19-9-21(55(43,44)45)13-25(39)29(19)33(31)41)18-4-6-24(16(2)8-18)36-38-32-28(58(52,53)54)12-20-10-22(56(46,47)48)14-26(40)30(20)34(32)42;/h3-14,35-36,39-40H,1-2H3,(H,43,44,45)(H,46,47,48)(H,49,50,51)(H,52,53,54);/q;+1. The van der Waals surface area contributed by atoms with Crippen molar-refractivity contribution in [2.75, 3.05) is 10.9 Å². The van der Waals surface area contributed by atoms with Crippen LogP contribution in [0, 0.1) is 13.8 Å². The van der Waals surface area contributed by atoms with E-state index in [-0.39, 0.29) is 40.9 Å². The third-order valence-electron chi connectivity index (χ3n) is 8.68. The molecule has 0 spiro atoms. The summed E-state index contributed by atoms with van der Waals surface area (Å²) in [5.41, 5.74) is 4.19. The summed E-state index contributed by atoms with van der Waals surface area (Å²) in [4.78, 5) is 22.9. The van der Waals surface area contributed by atoms with Crippen molar-refractivity contribution < 1.29 is 101 Å². The van der Waals surface area contributed by atoms with E-state index in [2.05, 4.69) is 21.1 Å². The Hall–Kier alpha value is -5.12. The van der Waals surface area contributed by atoms with Gasteiger partial charge in [0.15, 0.2) is 11.4 Å². The quantitative estimate of drug-likeness (QED) is 0.0650. The Balaban J connectivity index is 0.00000661. The minimum absolute atomic E-state index is 0. The van der Waals surface area contributed by atoms with Crippen LogP contribution in [0.2, 0.25) is 0 Å². The van der Waals surface area contributed by atoms with Crippen molar-refractivity contribution in [3.63, 3.8) is 0 Å². The summed E-state index contributed by atoms with van der Waals surface area (Å²) in [5.74, 6) is -4.22. The van der Waals surface area contributed by atoms with E-state index in [4.69, 9.17) is 0 Å². The van der Waals surface area contributed by atoms with Crippen LogP contribution in [0.15, 0.2) is 90.5 Å². The van der Waals surface area contributed by atoms with Gasteiger partial charge in [-0.3, -0.25) is 38.7 Å². The van der Waals surface area contributed by atoms with Gasteiger partial charge in [0, 0.05) is 12.1 Å². The Morgan fingerprint density at radius 3 is 1.14 bits per heavy atom. The number of hydrogen-bond donors (Lipinski definition) is 8. The molecule has 4 aromatic rings. The number of fused-ring (bicyclic) bond motifs is 2. The predicted octanol–water partition coefficient (Wildman–Crippen LogP) is 0.665. The van der Waals surface area contributed by atoms with E-state index in [0.29, 0.717) is 46.5 Å². The van der Waals surface area contributed by atoms with Crippen LogP contribution in [0.1, 0.15) is 43.0 Å². The monoisotopic (exact) mass is 897 g/mol. The number of anilines is 2. The number of phenols is 2. The first-order chi connectivity index (χ1) is 26.8. The zero-order valence-corrected chi connectivity index (χ0v) is 35.5. The molecule has 20 nitrogen and oxygen atoms in total. The summed E-state index contributed by atoms with van der Waals surface area (Å²) in [7, 11) is -20.1. The molecule has 0 aromatic heterocycles. The topological polar surface area (TPSA) is 341 Å². The predicted molar refractivity (Wildman–Crippen MR) is 207 cm³/mol. The summed E-state index contributed by atoms with van der Waals surface area (Å²) in [6.07, 6.45) is 1.41. The van der Waals surface area contributed by atoms with Crippen molar-refractivity contribution in [3.8, 4) is 22.6 Å². The smallest absolute Gasteiger partial charge is 0.507 e. The van der Waals surface area contributed by atoms with Crippen LogP contribution in [0.5, 0.6) is 11.5 Å². The number of ketones is 2. The molecule has 25 heteroatoms. The number of hydrazone groups is 2. The molecular weight excluding hydrogens is 872 g/mol. The maximum Gasteiger partial charge on any atom is 1.00 e. The first-order valence-corrected chi connectivity index (χ1v) is 21.6. The van der Waals surface area contributed by atoms with Crippen molar-refractivity contribution in [1.29, 1.82) is 0 Å². The number of aryl methyl sites for hydroxylation is 2. The summed E-state index contributed by atoms with van der Waals surface area (Å²) in [5, 5.41) is 28.5. The van der Waals surface area contributed by atoms with Crippen molar-refractivity contribution in [2.45, 2.75) is 23.6 Å². The molecule has 302 valence electrons. The van der Waals surface area contributed by atoms with Crippen LogP contribution < -0.4 is 40.4 Å². The number of aromatic hydroxyl groups is 2. The second kappa shape index (κ2) is 15.8. The molecule has 2 aliphatic rings. The fraction of sp³-hybridized carbons (Fsp3) is 0.0588. The van der Waals surface area contributed by atoms with Crippen LogP contribution >= 0.6 is 0 Å². The van der Waals surface area contributed by atoms with Gasteiger partial charge in [-0.25, -0.2) is 0 Å². The van der Waals surface area contributed by atoms with Gasteiger partial charge in [-0.1, -0.05) is 12.1 Å². The molecule has 0 unspecified atom stereocenters. The average Bonchev–Trinajstić information content (AvgIpc) is 3.09. The molecule has 0 fully saturated rings. The van der Waals surface area contributed by atoms with Gasteiger partial charge in [-0.05, 0) is 95.8 Å². The molecule has 0 bridgehead atoms. The third-order valence-corrected chi connectivity index (χ3v) is 12.1. The van der Waals surface area contributed by atoms with Gasteiger partial charge in [0.25, 0.3) is 40.5 Å². The van der Waals surface area contributed by atoms with E-state index in [1.807, 2.05) is 0 Å². The van der Waals surface area contributed by atoms with Crippen molar-refractivity contribution in [2.24, 2.45) is 10.2 Å². The Morgan fingerprint density at radius 1 is 0.508 bits per heavy atom. The third kappa shape index (κ3) is 9.07. The van der Waals surface area contributed by atoms with Crippen molar-refractivity contribution >= 4 is 87.0 Å². The van der Waals surface area contributed by atoms with E-state index in [0.717, 1.165) is 12.1 Å². The summed E-state index contributed by atoms with van der Waals surface area (Å²) in [6.45, 7) is 3.26. The minimum Gasteiger partial charge on any atom is -0.507 e. The number of Topliss-reactive ketones (excluding diaryl/α,β-unsaturated/α-hetero) is 2. The van der Waals surface area contributed by atoms with Crippen LogP contribution in [-0.4, -0.2) is 85.1 Å². The zero-order chi connectivity index (χ0) is 42.9. The number of phenolic OH excluding ortho intramolecular Hbond substituents is 2. The van der Waals surface area contributed by atoms with Crippen molar-refractivity contribution in [3.05, 3.63) is 104 Å². The SMILES string of the molecule is Cc1cc(-c2ccc(NN=C3C(=O)c4c(O)cc(S(=O)(=O)O)cc4C=C3S(=O)(=O)O)c(C)c2)ccc1NN=C1C(=O)c2c(O)cc(S(=O)(=O)O)cc2C=C1S(=O)(=O)O.[Na+]. The number of carbonyl (C=O) groups excluding carboxylic acids is 2. The number of hydrogen-bond acceptors (Lipinski definition) is 16. The number of benzene rings is 4. The largest absolute Gasteiger partial charge is 1.00 e. The average molecular weight is 898 g/mol. The van der Waals surface area contributed by atoms with Crippen LogP contribution in [-0.2, 0) is 40.5 Å². The van der Waals surface area contributed by atoms with E-state index in [1.54, 1.807) is 38.1 Å². The number of nitrogens with one attached hydrogen (secondary N) is 2. The Morgan fingerprint density at radius 2 is 0.847 bits per heavy atom. The molecule has 0 saturated heterocycles. The van der Waals surface area contributed by atoms with Gasteiger partial charge in [-0.2, -0.15) is 43.9 Å². The molecular formula is C34H26N4NaO16S4+. The van der Waals surface area contributed by atoms with Crippen LogP contribution in [0.25, 0.3) is 23.3 Å². The summed E-state index contributed by atoms with van der Waals surface area (Å²) in [6, 6.07) is 12.2.